The van der Waals surface area contributed by atoms with E-state index in [4.69, 9.17) is 4.74 Å². The van der Waals surface area contributed by atoms with E-state index >= 15 is 0 Å². The molecule has 1 heterocycles. The standard InChI is InChI=1S/C16H23NO2/c1-19-16(18)10-9-15-8-5-11-17(13-15)12-14-6-3-2-4-7-14/h2-4,6-7,15H,5,8-13H2,1H3. The van der Waals surface area contributed by atoms with Crippen LogP contribution < -0.4 is 0 Å². The maximum Gasteiger partial charge on any atom is 0.305 e. The van der Waals surface area contributed by atoms with Crippen LogP contribution in [0.25, 0.3) is 0 Å². The molecule has 0 spiro atoms. The van der Waals surface area contributed by atoms with Crippen LogP contribution in [0.15, 0.2) is 30.3 Å². The van der Waals surface area contributed by atoms with Crippen molar-refractivity contribution in [2.24, 2.45) is 5.92 Å². The highest BCUT2D eigenvalue weighted by Gasteiger charge is 2.20. The van der Waals surface area contributed by atoms with Crippen molar-refractivity contribution in [1.82, 2.24) is 4.90 Å². The molecule has 104 valence electrons. The van der Waals surface area contributed by atoms with Crippen molar-refractivity contribution < 1.29 is 9.53 Å². The summed E-state index contributed by atoms with van der Waals surface area (Å²) >= 11 is 0. The number of carbonyl (C=O) groups is 1. The number of methoxy groups -OCH3 is 1. The van der Waals surface area contributed by atoms with E-state index < -0.39 is 0 Å². The second kappa shape index (κ2) is 7.29. The molecule has 0 N–H and O–H groups in total. The average Bonchev–Trinajstić information content (AvgIpc) is 2.46. The van der Waals surface area contributed by atoms with Gasteiger partial charge in [-0.2, -0.15) is 0 Å². The number of esters is 1. The molecule has 1 saturated heterocycles. The fourth-order valence-corrected chi connectivity index (χ4v) is 2.80. The van der Waals surface area contributed by atoms with E-state index in [9.17, 15) is 4.79 Å². The first kappa shape index (κ1) is 14.1. The second-order valence-corrected chi connectivity index (χ2v) is 5.34. The molecule has 1 atom stereocenters. The molecule has 3 heteroatoms. The highest BCUT2D eigenvalue weighted by atomic mass is 16.5. The molecule has 1 unspecified atom stereocenters. The lowest BCUT2D eigenvalue weighted by molar-refractivity contribution is -0.141. The molecule has 1 aliphatic rings. The molecule has 1 aromatic carbocycles. The smallest absolute Gasteiger partial charge is 0.305 e. The van der Waals surface area contributed by atoms with Gasteiger partial charge in [0.05, 0.1) is 7.11 Å². The fraction of sp³-hybridized carbons (Fsp3) is 0.562. The molecule has 0 saturated carbocycles. The van der Waals surface area contributed by atoms with Gasteiger partial charge in [0, 0.05) is 19.5 Å². The summed E-state index contributed by atoms with van der Waals surface area (Å²) in [6, 6.07) is 10.6. The quantitative estimate of drug-likeness (QED) is 0.763. The lowest BCUT2D eigenvalue weighted by atomic mass is 9.93. The zero-order chi connectivity index (χ0) is 13.5. The first-order valence-electron chi connectivity index (χ1n) is 7.11. The van der Waals surface area contributed by atoms with Crippen LogP contribution in [0.2, 0.25) is 0 Å². The molecule has 0 aromatic heterocycles. The van der Waals surface area contributed by atoms with Crippen LogP contribution in [-0.4, -0.2) is 31.1 Å². The summed E-state index contributed by atoms with van der Waals surface area (Å²) in [5, 5.41) is 0. The molecule has 19 heavy (non-hydrogen) atoms. The predicted octanol–water partition coefficient (Wildman–Crippen LogP) is 2.85. The number of rotatable bonds is 5. The highest BCUT2D eigenvalue weighted by molar-refractivity contribution is 5.69. The largest absolute Gasteiger partial charge is 0.469 e. The number of benzene rings is 1. The summed E-state index contributed by atoms with van der Waals surface area (Å²) in [6.45, 7) is 3.30. The van der Waals surface area contributed by atoms with E-state index in [1.165, 1.54) is 32.1 Å². The fourth-order valence-electron chi connectivity index (χ4n) is 2.80. The summed E-state index contributed by atoms with van der Waals surface area (Å²) in [7, 11) is 1.46. The summed E-state index contributed by atoms with van der Waals surface area (Å²) in [5.41, 5.74) is 1.37. The van der Waals surface area contributed by atoms with Crippen molar-refractivity contribution in [2.45, 2.75) is 32.2 Å². The summed E-state index contributed by atoms with van der Waals surface area (Å²) < 4.78 is 4.71. The van der Waals surface area contributed by atoms with Gasteiger partial charge < -0.3 is 4.74 Å². The van der Waals surface area contributed by atoms with Gasteiger partial charge in [0.2, 0.25) is 0 Å². The van der Waals surface area contributed by atoms with Crippen LogP contribution in [0.5, 0.6) is 0 Å². The van der Waals surface area contributed by atoms with Crippen molar-refractivity contribution in [2.75, 3.05) is 20.2 Å². The zero-order valence-electron chi connectivity index (χ0n) is 11.7. The molecule has 3 nitrogen and oxygen atoms in total. The number of carbonyl (C=O) groups excluding carboxylic acids is 1. The Morgan fingerprint density at radius 2 is 2.16 bits per heavy atom. The highest BCUT2D eigenvalue weighted by Crippen LogP contribution is 2.22. The number of hydrogen-bond acceptors (Lipinski definition) is 3. The number of likely N-dealkylation sites (tertiary alicyclic amines) is 1. The van der Waals surface area contributed by atoms with Gasteiger partial charge in [-0.25, -0.2) is 0 Å². The molecule has 1 aliphatic heterocycles. The van der Waals surface area contributed by atoms with E-state index in [1.807, 2.05) is 0 Å². The summed E-state index contributed by atoms with van der Waals surface area (Å²) in [6.07, 6.45) is 3.99. The normalized spacial score (nSPS) is 20.2. The summed E-state index contributed by atoms with van der Waals surface area (Å²) in [5.74, 6) is 0.553. The van der Waals surface area contributed by atoms with Gasteiger partial charge >= 0.3 is 5.97 Å². The molecule has 0 amide bonds. The molecule has 0 radical (unpaired) electrons. The minimum atomic E-state index is -0.0832. The molecular formula is C16H23NO2. The molecule has 1 aromatic rings. The van der Waals surface area contributed by atoms with E-state index in [2.05, 4.69) is 35.2 Å². The Kier molecular flexibility index (Phi) is 5.40. The maximum atomic E-state index is 11.2. The molecule has 1 fully saturated rings. The topological polar surface area (TPSA) is 29.5 Å². The second-order valence-electron chi connectivity index (χ2n) is 5.34. The predicted molar refractivity (Wildman–Crippen MR) is 75.7 cm³/mol. The number of ether oxygens (including phenoxy) is 1. The molecule has 0 aliphatic carbocycles. The SMILES string of the molecule is COC(=O)CCC1CCCN(Cc2ccccc2)C1. The summed E-state index contributed by atoms with van der Waals surface area (Å²) in [4.78, 5) is 13.7. The van der Waals surface area contributed by atoms with E-state index in [1.54, 1.807) is 0 Å². The van der Waals surface area contributed by atoms with Crippen LogP contribution in [0.3, 0.4) is 0 Å². The van der Waals surface area contributed by atoms with Crippen LogP contribution in [0.4, 0.5) is 0 Å². The van der Waals surface area contributed by atoms with Crippen molar-refractivity contribution >= 4 is 5.97 Å². The van der Waals surface area contributed by atoms with E-state index in [0.717, 1.165) is 19.5 Å². The third-order valence-corrected chi connectivity index (χ3v) is 3.84. The van der Waals surface area contributed by atoms with Crippen LogP contribution in [0, 0.1) is 5.92 Å². The Morgan fingerprint density at radius 3 is 2.89 bits per heavy atom. The lowest BCUT2D eigenvalue weighted by Crippen LogP contribution is -2.35. The Bertz CT molecular complexity index is 391. The third-order valence-electron chi connectivity index (χ3n) is 3.84. The average molecular weight is 261 g/mol. The Morgan fingerprint density at radius 1 is 1.37 bits per heavy atom. The number of piperidine rings is 1. The monoisotopic (exact) mass is 261 g/mol. The minimum absolute atomic E-state index is 0.0832. The van der Waals surface area contributed by atoms with Gasteiger partial charge in [-0.1, -0.05) is 30.3 Å². The van der Waals surface area contributed by atoms with Crippen LogP contribution in [-0.2, 0) is 16.1 Å². The van der Waals surface area contributed by atoms with E-state index in [0.29, 0.717) is 12.3 Å². The third kappa shape index (κ3) is 4.67. The Hall–Kier alpha value is -1.35. The van der Waals surface area contributed by atoms with Gasteiger partial charge in [-0.05, 0) is 37.3 Å². The maximum absolute atomic E-state index is 11.2. The van der Waals surface area contributed by atoms with Crippen LogP contribution >= 0.6 is 0 Å². The van der Waals surface area contributed by atoms with Gasteiger partial charge in [-0.3, -0.25) is 9.69 Å². The Balaban J connectivity index is 1.79. The first-order valence-corrected chi connectivity index (χ1v) is 7.11. The van der Waals surface area contributed by atoms with Crippen molar-refractivity contribution in [3.63, 3.8) is 0 Å². The number of nitrogens with zero attached hydrogens (tertiary/aromatic N) is 1. The molecule has 2 rings (SSSR count). The first-order chi connectivity index (χ1) is 9.28. The van der Waals surface area contributed by atoms with Gasteiger partial charge in [0.25, 0.3) is 0 Å². The zero-order valence-corrected chi connectivity index (χ0v) is 11.7. The van der Waals surface area contributed by atoms with Crippen molar-refractivity contribution in [3.8, 4) is 0 Å². The lowest BCUT2D eigenvalue weighted by Gasteiger charge is -2.32. The number of hydrogen-bond donors (Lipinski definition) is 0. The Labute approximate surface area is 115 Å². The van der Waals surface area contributed by atoms with E-state index in [-0.39, 0.29) is 5.97 Å². The van der Waals surface area contributed by atoms with Crippen molar-refractivity contribution in [3.05, 3.63) is 35.9 Å². The molecule has 0 bridgehead atoms. The molecular weight excluding hydrogens is 238 g/mol. The van der Waals surface area contributed by atoms with Crippen molar-refractivity contribution in [1.29, 1.82) is 0 Å². The van der Waals surface area contributed by atoms with Gasteiger partial charge in [-0.15, -0.1) is 0 Å². The van der Waals surface area contributed by atoms with Crippen LogP contribution in [0.1, 0.15) is 31.2 Å². The van der Waals surface area contributed by atoms with Gasteiger partial charge in [0.15, 0.2) is 0 Å². The van der Waals surface area contributed by atoms with Gasteiger partial charge in [0.1, 0.15) is 0 Å². The minimum Gasteiger partial charge on any atom is -0.469 e.